The lowest BCUT2D eigenvalue weighted by Gasteiger charge is -2.26. The minimum Gasteiger partial charge on any atom is -0.311 e. The van der Waals surface area contributed by atoms with Crippen molar-refractivity contribution in [2.45, 2.75) is 72.4 Å². The summed E-state index contributed by atoms with van der Waals surface area (Å²) in [6.07, 6.45) is 8.12. The zero-order valence-electron chi connectivity index (χ0n) is 13.5. The summed E-state index contributed by atoms with van der Waals surface area (Å²) in [6, 6.07) is 2.25. The Bertz CT molecular complexity index is 389. The molecule has 3 nitrogen and oxygen atoms in total. The second-order valence-electron chi connectivity index (χ2n) is 6.39. The van der Waals surface area contributed by atoms with Crippen LogP contribution < -0.4 is 5.32 Å². The van der Waals surface area contributed by atoms with Gasteiger partial charge in [-0.3, -0.25) is 4.68 Å². The fourth-order valence-corrected chi connectivity index (χ4v) is 3.24. The van der Waals surface area contributed by atoms with Crippen molar-refractivity contribution in [2.24, 2.45) is 11.8 Å². The van der Waals surface area contributed by atoms with Gasteiger partial charge < -0.3 is 5.32 Å². The van der Waals surface area contributed by atoms with E-state index in [2.05, 4.69) is 41.9 Å². The van der Waals surface area contributed by atoms with E-state index in [0.29, 0.717) is 0 Å². The zero-order valence-corrected chi connectivity index (χ0v) is 13.5. The maximum Gasteiger partial charge on any atom is 0.0625 e. The van der Waals surface area contributed by atoms with Crippen LogP contribution in [0.15, 0.2) is 6.07 Å². The molecular weight excluding hydrogens is 246 g/mol. The molecule has 1 aromatic rings. The highest BCUT2D eigenvalue weighted by Gasteiger charge is 2.17. The van der Waals surface area contributed by atoms with Gasteiger partial charge in [-0.25, -0.2) is 0 Å². The van der Waals surface area contributed by atoms with Gasteiger partial charge in [0.15, 0.2) is 0 Å². The summed E-state index contributed by atoms with van der Waals surface area (Å²) in [5.41, 5.74) is 2.55. The van der Waals surface area contributed by atoms with Crippen molar-refractivity contribution < 1.29 is 0 Å². The van der Waals surface area contributed by atoms with Gasteiger partial charge in [0.2, 0.25) is 0 Å². The van der Waals surface area contributed by atoms with Crippen LogP contribution in [0.1, 0.15) is 64.3 Å². The topological polar surface area (TPSA) is 29.9 Å². The van der Waals surface area contributed by atoms with E-state index in [1.165, 1.54) is 43.5 Å². The maximum absolute atomic E-state index is 4.60. The zero-order chi connectivity index (χ0) is 14.4. The van der Waals surface area contributed by atoms with E-state index in [1.54, 1.807) is 0 Å². The highest BCUT2D eigenvalue weighted by Crippen LogP contribution is 2.29. The molecule has 1 heterocycles. The molecule has 0 amide bonds. The molecule has 0 unspecified atom stereocenters. The van der Waals surface area contributed by atoms with E-state index in [-0.39, 0.29) is 0 Å². The van der Waals surface area contributed by atoms with Crippen LogP contribution in [0.5, 0.6) is 0 Å². The lowest BCUT2D eigenvalue weighted by Crippen LogP contribution is -2.21. The number of aryl methyl sites for hydroxylation is 2. The third-order valence-electron chi connectivity index (χ3n) is 4.75. The molecule has 1 aliphatic rings. The predicted octanol–water partition coefficient (Wildman–Crippen LogP) is 3.77. The Morgan fingerprint density at radius 2 is 2.00 bits per heavy atom. The Balaban J connectivity index is 1.69. The average molecular weight is 277 g/mol. The molecule has 0 saturated heterocycles. The predicted molar refractivity (Wildman–Crippen MR) is 84.7 cm³/mol. The number of hydrogen-bond donors (Lipinski definition) is 1. The minimum atomic E-state index is 0.959. The largest absolute Gasteiger partial charge is 0.311 e. The van der Waals surface area contributed by atoms with Crippen LogP contribution in [-0.4, -0.2) is 16.3 Å². The smallest absolute Gasteiger partial charge is 0.0625 e. The number of nitrogens with one attached hydrogen (secondary N) is 1. The summed E-state index contributed by atoms with van der Waals surface area (Å²) in [6.45, 7) is 9.81. The molecule has 20 heavy (non-hydrogen) atoms. The second kappa shape index (κ2) is 7.82. The van der Waals surface area contributed by atoms with E-state index in [0.717, 1.165) is 37.9 Å². The molecule has 0 aromatic carbocycles. The lowest BCUT2D eigenvalue weighted by molar-refractivity contribution is 0.275. The van der Waals surface area contributed by atoms with E-state index >= 15 is 0 Å². The molecule has 1 aromatic heterocycles. The van der Waals surface area contributed by atoms with Gasteiger partial charge in [0.05, 0.1) is 11.4 Å². The van der Waals surface area contributed by atoms with Crippen molar-refractivity contribution in [3.8, 4) is 0 Å². The molecule has 114 valence electrons. The van der Waals surface area contributed by atoms with Gasteiger partial charge in [0, 0.05) is 13.1 Å². The quantitative estimate of drug-likeness (QED) is 0.769. The van der Waals surface area contributed by atoms with Crippen molar-refractivity contribution in [1.29, 1.82) is 0 Å². The molecule has 1 fully saturated rings. The standard InChI is InChI=1S/C17H31N3/c1-4-16-12-17(20(5-2)19-16)13-18-11-10-15-8-6-14(3)7-9-15/h12,14-15,18H,4-11,13H2,1-3H3. The second-order valence-corrected chi connectivity index (χ2v) is 6.39. The monoisotopic (exact) mass is 277 g/mol. The molecule has 1 N–H and O–H groups in total. The molecule has 1 saturated carbocycles. The first kappa shape index (κ1) is 15.6. The average Bonchev–Trinajstić information content (AvgIpc) is 2.88. The van der Waals surface area contributed by atoms with Crippen LogP contribution in [0.3, 0.4) is 0 Å². The highest BCUT2D eigenvalue weighted by molar-refractivity contribution is 5.10. The van der Waals surface area contributed by atoms with Gasteiger partial charge >= 0.3 is 0 Å². The van der Waals surface area contributed by atoms with Gasteiger partial charge in [-0.15, -0.1) is 0 Å². The molecule has 0 spiro atoms. The number of nitrogens with zero attached hydrogens (tertiary/aromatic N) is 2. The Labute approximate surface area is 124 Å². The highest BCUT2D eigenvalue weighted by atomic mass is 15.3. The Kier molecular flexibility index (Phi) is 6.08. The summed E-state index contributed by atoms with van der Waals surface area (Å²) in [5.74, 6) is 1.92. The Morgan fingerprint density at radius 1 is 1.25 bits per heavy atom. The van der Waals surface area contributed by atoms with Crippen LogP contribution in [0.2, 0.25) is 0 Å². The van der Waals surface area contributed by atoms with Crippen LogP contribution in [0, 0.1) is 11.8 Å². The van der Waals surface area contributed by atoms with Gasteiger partial charge in [0.25, 0.3) is 0 Å². The molecule has 1 aliphatic carbocycles. The fraction of sp³-hybridized carbons (Fsp3) is 0.824. The van der Waals surface area contributed by atoms with Gasteiger partial charge in [-0.05, 0) is 44.2 Å². The van der Waals surface area contributed by atoms with Crippen molar-refractivity contribution >= 4 is 0 Å². The van der Waals surface area contributed by atoms with Crippen LogP contribution in [-0.2, 0) is 19.5 Å². The summed E-state index contributed by atoms with van der Waals surface area (Å²) < 4.78 is 2.13. The van der Waals surface area contributed by atoms with Crippen LogP contribution >= 0.6 is 0 Å². The normalized spacial score (nSPS) is 23.1. The Hall–Kier alpha value is -0.830. The van der Waals surface area contributed by atoms with Crippen molar-refractivity contribution in [3.05, 3.63) is 17.5 Å². The van der Waals surface area contributed by atoms with Crippen molar-refractivity contribution in [2.75, 3.05) is 6.54 Å². The first-order chi connectivity index (χ1) is 9.72. The number of aromatic nitrogens is 2. The van der Waals surface area contributed by atoms with E-state index < -0.39 is 0 Å². The fourth-order valence-electron chi connectivity index (χ4n) is 3.24. The van der Waals surface area contributed by atoms with E-state index in [9.17, 15) is 0 Å². The molecule has 0 radical (unpaired) electrons. The van der Waals surface area contributed by atoms with Crippen LogP contribution in [0.4, 0.5) is 0 Å². The summed E-state index contributed by atoms with van der Waals surface area (Å²) in [4.78, 5) is 0. The third kappa shape index (κ3) is 4.34. The summed E-state index contributed by atoms with van der Waals surface area (Å²) in [7, 11) is 0. The molecule has 2 rings (SSSR count). The third-order valence-corrected chi connectivity index (χ3v) is 4.75. The molecule has 0 bridgehead atoms. The first-order valence-corrected chi connectivity index (χ1v) is 8.49. The maximum atomic E-state index is 4.60. The summed E-state index contributed by atoms with van der Waals surface area (Å²) >= 11 is 0. The van der Waals surface area contributed by atoms with Gasteiger partial charge in [-0.2, -0.15) is 5.10 Å². The Morgan fingerprint density at radius 3 is 2.65 bits per heavy atom. The lowest BCUT2D eigenvalue weighted by atomic mass is 9.81. The molecule has 0 atom stereocenters. The molecule has 0 aliphatic heterocycles. The molecular formula is C17H31N3. The van der Waals surface area contributed by atoms with Gasteiger partial charge in [0.1, 0.15) is 0 Å². The van der Waals surface area contributed by atoms with Crippen molar-refractivity contribution in [1.82, 2.24) is 15.1 Å². The van der Waals surface area contributed by atoms with E-state index in [1.807, 2.05) is 0 Å². The summed E-state index contributed by atoms with van der Waals surface area (Å²) in [5, 5.41) is 8.21. The van der Waals surface area contributed by atoms with Gasteiger partial charge in [-0.1, -0.05) is 39.5 Å². The number of rotatable bonds is 7. The van der Waals surface area contributed by atoms with E-state index in [4.69, 9.17) is 0 Å². The first-order valence-electron chi connectivity index (χ1n) is 8.49. The minimum absolute atomic E-state index is 0.959. The molecule has 3 heteroatoms. The SMILES string of the molecule is CCc1cc(CNCCC2CCC(C)CC2)n(CC)n1. The van der Waals surface area contributed by atoms with Crippen LogP contribution in [0.25, 0.3) is 0 Å². The number of hydrogen-bond acceptors (Lipinski definition) is 2. The van der Waals surface area contributed by atoms with Crippen molar-refractivity contribution in [3.63, 3.8) is 0 Å².